The van der Waals surface area contributed by atoms with E-state index in [0.717, 1.165) is 57.1 Å². The van der Waals surface area contributed by atoms with Gasteiger partial charge in [-0.3, -0.25) is 4.90 Å². The number of benzene rings is 4. The van der Waals surface area contributed by atoms with E-state index in [2.05, 4.69) is 46.2 Å². The van der Waals surface area contributed by atoms with Crippen molar-refractivity contribution in [2.45, 2.75) is 0 Å². The first-order valence-corrected chi connectivity index (χ1v) is 9.30. The Morgan fingerprint density at radius 3 is 1.50 bits per heavy atom. The van der Waals surface area contributed by atoms with E-state index in [0.29, 0.717) is 0 Å². The van der Waals surface area contributed by atoms with E-state index in [9.17, 15) is 0 Å². The lowest BCUT2D eigenvalue weighted by molar-refractivity contribution is 0.445. The SMILES string of the molecule is c1ccc(N2c3cccc4c3N3c5c(cccc5Oc5cccc2c53)O4)cc1. The van der Waals surface area contributed by atoms with Gasteiger partial charge < -0.3 is 14.4 Å². The number of para-hydroxylation sites is 4. The maximum Gasteiger partial charge on any atom is 0.155 e. The highest BCUT2D eigenvalue weighted by atomic mass is 16.5. The molecule has 0 aromatic heterocycles. The van der Waals surface area contributed by atoms with Crippen LogP contribution in [0.4, 0.5) is 34.1 Å². The molecule has 132 valence electrons. The van der Waals surface area contributed by atoms with Gasteiger partial charge in [-0.05, 0) is 48.5 Å². The molecule has 7 rings (SSSR count). The summed E-state index contributed by atoms with van der Waals surface area (Å²) in [6.07, 6.45) is 0. The lowest BCUT2D eigenvalue weighted by Crippen LogP contribution is -2.28. The van der Waals surface area contributed by atoms with Crippen LogP contribution in [0.2, 0.25) is 0 Å². The van der Waals surface area contributed by atoms with Gasteiger partial charge in [0.05, 0.1) is 11.4 Å². The van der Waals surface area contributed by atoms with Crippen LogP contribution in [-0.2, 0) is 0 Å². The summed E-state index contributed by atoms with van der Waals surface area (Å²) in [5.74, 6) is 3.34. The predicted molar refractivity (Wildman–Crippen MR) is 110 cm³/mol. The van der Waals surface area contributed by atoms with Crippen LogP contribution >= 0.6 is 0 Å². The summed E-state index contributed by atoms with van der Waals surface area (Å²) in [5.41, 5.74) is 6.36. The molecular weight excluding hydrogens is 348 g/mol. The third kappa shape index (κ3) is 1.61. The average Bonchev–Trinajstić information content (AvgIpc) is 2.75. The lowest BCUT2D eigenvalue weighted by Gasteiger charge is -2.45. The van der Waals surface area contributed by atoms with Crippen LogP contribution < -0.4 is 19.3 Å². The Hall–Kier alpha value is -3.92. The maximum absolute atomic E-state index is 6.29. The van der Waals surface area contributed by atoms with Gasteiger partial charge in [-0.2, -0.15) is 0 Å². The summed E-state index contributed by atoms with van der Waals surface area (Å²) >= 11 is 0. The summed E-state index contributed by atoms with van der Waals surface area (Å²) in [4.78, 5) is 4.58. The first-order valence-electron chi connectivity index (χ1n) is 9.30. The average molecular weight is 362 g/mol. The Morgan fingerprint density at radius 2 is 0.929 bits per heavy atom. The molecule has 0 unspecified atom stereocenters. The van der Waals surface area contributed by atoms with Gasteiger partial charge in [0.25, 0.3) is 0 Å². The van der Waals surface area contributed by atoms with Gasteiger partial charge in [0.1, 0.15) is 17.1 Å². The summed E-state index contributed by atoms with van der Waals surface area (Å²) in [6.45, 7) is 0. The van der Waals surface area contributed by atoms with E-state index in [-0.39, 0.29) is 0 Å². The normalized spacial score (nSPS) is 14.1. The standard InChI is InChI=1S/C24H14N2O2/c1-2-7-15(8-3-1)25-16-9-4-11-18-22(16)26-23-17(25)10-5-12-19(23)28-21-14-6-13-20(27-18)24(21)26/h1-14H. The molecule has 4 aromatic rings. The minimum absolute atomic E-state index is 0.816. The molecule has 0 radical (unpaired) electrons. The second-order valence-corrected chi connectivity index (χ2v) is 7.06. The number of anilines is 6. The monoisotopic (exact) mass is 362 g/mol. The predicted octanol–water partition coefficient (Wildman–Crippen LogP) is 7.15. The Labute approximate surface area is 161 Å². The van der Waals surface area contributed by atoms with Crippen molar-refractivity contribution in [1.82, 2.24) is 0 Å². The molecule has 4 heteroatoms. The van der Waals surface area contributed by atoms with Crippen molar-refractivity contribution < 1.29 is 9.47 Å². The molecule has 4 nitrogen and oxygen atoms in total. The minimum atomic E-state index is 0.816. The van der Waals surface area contributed by atoms with Crippen LogP contribution in [0.25, 0.3) is 0 Å². The number of rotatable bonds is 1. The largest absolute Gasteiger partial charge is 0.453 e. The van der Waals surface area contributed by atoms with E-state index in [1.165, 1.54) is 0 Å². The molecule has 0 spiro atoms. The van der Waals surface area contributed by atoms with Crippen molar-refractivity contribution in [2.24, 2.45) is 0 Å². The molecular formula is C24H14N2O2. The quantitative estimate of drug-likeness (QED) is 0.309. The van der Waals surface area contributed by atoms with Crippen molar-refractivity contribution in [2.75, 3.05) is 9.80 Å². The molecule has 0 fully saturated rings. The topological polar surface area (TPSA) is 24.9 Å². The maximum atomic E-state index is 6.29. The van der Waals surface area contributed by atoms with Gasteiger partial charge in [-0.25, -0.2) is 0 Å². The number of hydrogen-bond donors (Lipinski definition) is 0. The smallest absolute Gasteiger partial charge is 0.155 e. The molecule has 3 heterocycles. The van der Waals surface area contributed by atoms with Gasteiger partial charge in [0, 0.05) is 5.69 Å². The summed E-state index contributed by atoms with van der Waals surface area (Å²) in [7, 11) is 0. The molecule has 4 aromatic carbocycles. The van der Waals surface area contributed by atoms with Gasteiger partial charge in [-0.15, -0.1) is 0 Å². The van der Waals surface area contributed by atoms with Crippen molar-refractivity contribution in [3.05, 3.63) is 84.9 Å². The van der Waals surface area contributed by atoms with E-state index < -0.39 is 0 Å². The molecule has 3 aliphatic heterocycles. The Balaban J connectivity index is 1.63. The minimum Gasteiger partial charge on any atom is -0.453 e. The highest BCUT2D eigenvalue weighted by Crippen LogP contribution is 2.67. The van der Waals surface area contributed by atoms with E-state index in [1.54, 1.807) is 0 Å². The summed E-state index contributed by atoms with van der Waals surface area (Å²) in [5, 5.41) is 0. The molecule has 0 bridgehead atoms. The second kappa shape index (κ2) is 4.87. The molecule has 3 aliphatic rings. The van der Waals surface area contributed by atoms with Gasteiger partial charge in [0.2, 0.25) is 0 Å². The fraction of sp³-hybridized carbons (Fsp3) is 0. The van der Waals surface area contributed by atoms with Crippen LogP contribution in [0.1, 0.15) is 0 Å². The van der Waals surface area contributed by atoms with Crippen LogP contribution in [0.15, 0.2) is 84.9 Å². The Bertz CT molecular complexity index is 1210. The molecule has 0 amide bonds. The number of ether oxygens (including phenoxy) is 2. The van der Waals surface area contributed by atoms with Gasteiger partial charge in [-0.1, -0.05) is 36.4 Å². The van der Waals surface area contributed by atoms with Crippen LogP contribution in [0.5, 0.6) is 23.0 Å². The van der Waals surface area contributed by atoms with Crippen molar-refractivity contribution >= 4 is 34.1 Å². The van der Waals surface area contributed by atoms with Crippen molar-refractivity contribution in [1.29, 1.82) is 0 Å². The van der Waals surface area contributed by atoms with Crippen LogP contribution in [0.3, 0.4) is 0 Å². The van der Waals surface area contributed by atoms with E-state index in [4.69, 9.17) is 9.47 Å². The third-order valence-corrected chi connectivity index (χ3v) is 5.52. The molecule has 0 saturated heterocycles. The zero-order valence-corrected chi connectivity index (χ0v) is 14.8. The van der Waals surface area contributed by atoms with Crippen molar-refractivity contribution in [3.63, 3.8) is 0 Å². The third-order valence-electron chi connectivity index (χ3n) is 5.52. The zero-order valence-electron chi connectivity index (χ0n) is 14.8. The van der Waals surface area contributed by atoms with Crippen LogP contribution in [0, 0.1) is 0 Å². The fourth-order valence-corrected chi connectivity index (χ4v) is 4.44. The first-order chi connectivity index (χ1) is 13.9. The zero-order chi connectivity index (χ0) is 18.2. The van der Waals surface area contributed by atoms with E-state index >= 15 is 0 Å². The Kier molecular flexibility index (Phi) is 2.46. The molecule has 28 heavy (non-hydrogen) atoms. The fourth-order valence-electron chi connectivity index (χ4n) is 4.44. The highest BCUT2D eigenvalue weighted by Gasteiger charge is 2.42. The van der Waals surface area contributed by atoms with Crippen molar-refractivity contribution in [3.8, 4) is 23.0 Å². The van der Waals surface area contributed by atoms with Gasteiger partial charge in [0.15, 0.2) is 23.0 Å². The highest BCUT2D eigenvalue weighted by molar-refractivity contribution is 6.09. The second-order valence-electron chi connectivity index (χ2n) is 7.06. The number of nitrogens with zero attached hydrogens (tertiary/aromatic N) is 2. The molecule has 0 N–H and O–H groups in total. The molecule has 0 saturated carbocycles. The molecule has 0 atom stereocenters. The van der Waals surface area contributed by atoms with E-state index in [1.807, 2.05) is 48.5 Å². The Morgan fingerprint density at radius 1 is 0.429 bits per heavy atom. The lowest BCUT2D eigenvalue weighted by atomic mass is 10.0. The molecule has 0 aliphatic carbocycles. The van der Waals surface area contributed by atoms with Crippen LogP contribution in [-0.4, -0.2) is 0 Å². The summed E-state index contributed by atoms with van der Waals surface area (Å²) in [6, 6.07) is 28.8. The number of hydrogen-bond acceptors (Lipinski definition) is 4. The first kappa shape index (κ1) is 14.2. The van der Waals surface area contributed by atoms with Gasteiger partial charge >= 0.3 is 0 Å². The summed E-state index contributed by atoms with van der Waals surface area (Å²) < 4.78 is 12.6.